The van der Waals surface area contributed by atoms with Crippen molar-refractivity contribution in [1.29, 1.82) is 0 Å². The third-order valence-corrected chi connectivity index (χ3v) is 0.0630. The first-order valence-electron chi connectivity index (χ1n) is 1.30. The lowest BCUT2D eigenvalue weighted by Crippen LogP contribution is -1.41. The normalized spacial score (nSPS) is 2.50. The van der Waals surface area contributed by atoms with Crippen molar-refractivity contribution in [1.82, 2.24) is 0 Å². The summed E-state index contributed by atoms with van der Waals surface area (Å²) in [6, 6.07) is 0. The van der Waals surface area contributed by atoms with Crippen LogP contribution >= 0.6 is 0 Å². The highest BCUT2D eigenvalue weighted by Crippen LogP contribution is 1.63. The standard InChI is InChI=1S/C2H3FO.C2H4.4FH/c1-2-4-3;1-2;;;;/h2H,1H2;1-2H2;4*1H. The Morgan fingerprint density at radius 3 is 1.10 bits per heavy atom. The molecule has 0 aromatic rings. The highest BCUT2D eigenvalue weighted by molar-refractivity contribution is 4.41. The Morgan fingerprint density at radius 2 is 1.10 bits per heavy atom. The molecule has 0 N–H and O–H groups in total. The summed E-state index contributed by atoms with van der Waals surface area (Å²) in [6.45, 7) is 8.88. The zero-order chi connectivity index (χ0) is 5.41. The van der Waals surface area contributed by atoms with Gasteiger partial charge in [-0.05, 0) is 0 Å². The molecule has 0 aliphatic rings. The van der Waals surface area contributed by atoms with Crippen LogP contribution in [0, 0.1) is 0 Å². The number of hydrogen-bond donors (Lipinski definition) is 0. The fourth-order valence-corrected chi connectivity index (χ4v) is 0. The minimum absolute atomic E-state index is 0. The van der Waals surface area contributed by atoms with Crippen molar-refractivity contribution in [3.8, 4) is 0 Å². The smallest absolute Gasteiger partial charge is 0.128 e. The Balaban J connectivity index is -0.00000000625. The molecule has 0 heterocycles. The van der Waals surface area contributed by atoms with E-state index in [0.29, 0.717) is 6.26 Å². The van der Waals surface area contributed by atoms with Crippen LogP contribution in [0.1, 0.15) is 0 Å². The van der Waals surface area contributed by atoms with E-state index in [2.05, 4.69) is 24.7 Å². The largest absolute Gasteiger partial charge is 0.303 e. The van der Waals surface area contributed by atoms with Gasteiger partial charge in [-0.15, -0.1) is 13.2 Å². The van der Waals surface area contributed by atoms with E-state index in [1.807, 2.05) is 0 Å². The van der Waals surface area contributed by atoms with Gasteiger partial charge in [0, 0.05) is 4.53 Å². The Bertz CT molecular complexity index is 34.8. The molecule has 0 bridgehead atoms. The summed E-state index contributed by atoms with van der Waals surface area (Å²) >= 11 is 0. The molecule has 0 atom stereocenters. The summed E-state index contributed by atoms with van der Waals surface area (Å²) in [4.78, 5) is 2.81. The van der Waals surface area contributed by atoms with E-state index in [4.69, 9.17) is 0 Å². The fraction of sp³-hybridized carbons (Fsp3) is 0. The van der Waals surface area contributed by atoms with Gasteiger partial charge in [-0.2, -0.15) is 0 Å². The lowest BCUT2D eigenvalue weighted by Gasteiger charge is -1.62. The molecule has 68 valence electrons. The second-order valence-corrected chi connectivity index (χ2v) is 0.256. The molecule has 0 rings (SSSR count). The molecule has 1 nitrogen and oxygen atoms in total. The predicted octanol–water partition coefficient (Wildman–Crippen LogP) is 2.44. The Morgan fingerprint density at radius 1 is 1.00 bits per heavy atom. The van der Waals surface area contributed by atoms with Crippen LogP contribution in [-0.4, -0.2) is 0 Å². The third-order valence-electron chi connectivity index (χ3n) is 0.0630. The summed E-state index contributed by atoms with van der Waals surface area (Å²) in [5.74, 6) is 0. The zero-order valence-corrected chi connectivity index (χ0v) is 5.12. The van der Waals surface area contributed by atoms with Gasteiger partial charge in [0.1, 0.15) is 6.26 Å². The van der Waals surface area contributed by atoms with Crippen LogP contribution in [-0.2, 0) is 4.94 Å². The van der Waals surface area contributed by atoms with Crippen LogP contribution < -0.4 is 0 Å². The van der Waals surface area contributed by atoms with Gasteiger partial charge in [-0.3, -0.25) is 18.8 Å². The first-order valence-corrected chi connectivity index (χ1v) is 1.30. The third kappa shape index (κ3) is 49700. The maximum absolute atomic E-state index is 10.1. The first kappa shape index (κ1) is 65.4. The second kappa shape index (κ2) is 440. The lowest BCUT2D eigenvalue weighted by atomic mass is 11.2. The maximum atomic E-state index is 10.1. The van der Waals surface area contributed by atoms with Crippen molar-refractivity contribution in [3.63, 3.8) is 0 Å². The highest BCUT2D eigenvalue weighted by Gasteiger charge is 1.43. The minimum Gasteiger partial charge on any atom is -0.303 e. The van der Waals surface area contributed by atoms with Crippen molar-refractivity contribution in [3.05, 3.63) is 26.0 Å². The molecule has 10 heavy (non-hydrogen) atoms. The summed E-state index contributed by atoms with van der Waals surface area (Å²) in [6.07, 6.45) is 0.708. The van der Waals surface area contributed by atoms with Crippen molar-refractivity contribution >= 4 is 0 Å². The summed E-state index contributed by atoms with van der Waals surface area (Å²) in [5, 5.41) is 0. The van der Waals surface area contributed by atoms with Crippen LogP contribution in [0.3, 0.4) is 0 Å². The van der Waals surface area contributed by atoms with Gasteiger partial charge < -0.3 is 4.94 Å². The van der Waals surface area contributed by atoms with E-state index in [1.54, 1.807) is 0 Å². The van der Waals surface area contributed by atoms with E-state index in [0.717, 1.165) is 0 Å². The monoisotopic (exact) mass is 170 g/mol. The molecule has 0 amide bonds. The summed E-state index contributed by atoms with van der Waals surface area (Å²) < 4.78 is 10.1. The van der Waals surface area contributed by atoms with Crippen molar-refractivity contribution < 1.29 is 28.3 Å². The molecule has 0 aliphatic carbocycles. The molecular formula is C4H11F5O. The van der Waals surface area contributed by atoms with E-state index in [1.165, 1.54) is 0 Å². The van der Waals surface area contributed by atoms with E-state index in [-0.39, 0.29) is 18.8 Å². The van der Waals surface area contributed by atoms with E-state index >= 15 is 0 Å². The Hall–Kier alpha value is -1.07. The zero-order valence-electron chi connectivity index (χ0n) is 5.12. The molecule has 0 saturated carbocycles. The molecule has 0 unspecified atom stereocenters. The van der Waals surface area contributed by atoms with Gasteiger partial charge in [0.15, 0.2) is 0 Å². The fourth-order valence-electron chi connectivity index (χ4n) is 0. The van der Waals surface area contributed by atoms with Crippen LogP contribution in [0.4, 0.5) is 23.3 Å². The molecule has 0 spiro atoms. The summed E-state index contributed by atoms with van der Waals surface area (Å²) in [7, 11) is 0. The topological polar surface area (TPSA) is 9.23 Å². The van der Waals surface area contributed by atoms with Crippen molar-refractivity contribution in [2.75, 3.05) is 0 Å². The van der Waals surface area contributed by atoms with E-state index in [9.17, 15) is 4.53 Å². The van der Waals surface area contributed by atoms with Crippen LogP contribution in [0.15, 0.2) is 26.0 Å². The maximum Gasteiger partial charge on any atom is 0.128 e. The number of halogens is 5. The van der Waals surface area contributed by atoms with Crippen molar-refractivity contribution in [2.45, 2.75) is 0 Å². The molecule has 0 radical (unpaired) electrons. The van der Waals surface area contributed by atoms with Gasteiger partial charge in [0.05, 0.1) is 0 Å². The van der Waals surface area contributed by atoms with Gasteiger partial charge in [-0.25, -0.2) is 0 Å². The average molecular weight is 170 g/mol. The minimum atomic E-state index is 0. The molecule has 0 aromatic carbocycles. The van der Waals surface area contributed by atoms with Crippen LogP contribution in [0.5, 0.6) is 0 Å². The number of rotatable bonds is 1. The van der Waals surface area contributed by atoms with E-state index < -0.39 is 0 Å². The molecule has 0 saturated heterocycles. The SMILES string of the molecule is C=C.C=COF.F.F.F.F. The summed E-state index contributed by atoms with van der Waals surface area (Å²) in [5.41, 5.74) is 0. The predicted molar refractivity (Wildman–Crippen MR) is 33.7 cm³/mol. The quantitative estimate of drug-likeness (QED) is 0.333. The lowest BCUT2D eigenvalue weighted by molar-refractivity contribution is -0.0611. The number of hydrogen-bond acceptors (Lipinski definition) is 1. The second-order valence-electron chi connectivity index (χ2n) is 0.256. The Kier molecular flexibility index (Phi) is 2880. The molecule has 6 heteroatoms. The average Bonchev–Trinajstić information content (AvgIpc) is 1.72. The van der Waals surface area contributed by atoms with Gasteiger partial charge in [0.25, 0.3) is 0 Å². The van der Waals surface area contributed by atoms with Gasteiger partial charge in [0.2, 0.25) is 0 Å². The molecule has 0 aromatic heterocycles. The molecule has 0 aliphatic heterocycles. The molecular weight excluding hydrogens is 159 g/mol. The van der Waals surface area contributed by atoms with Gasteiger partial charge >= 0.3 is 0 Å². The highest BCUT2D eigenvalue weighted by atomic mass is 19.3. The first-order chi connectivity index (χ1) is 2.91. The molecule has 0 fully saturated rings. The van der Waals surface area contributed by atoms with Crippen LogP contribution in [0.2, 0.25) is 0 Å². The van der Waals surface area contributed by atoms with Gasteiger partial charge in [-0.1, -0.05) is 6.58 Å². The Labute approximate surface area is 55.6 Å². The van der Waals surface area contributed by atoms with Crippen LogP contribution in [0.25, 0.3) is 0 Å². The van der Waals surface area contributed by atoms with Crippen molar-refractivity contribution in [2.24, 2.45) is 0 Å².